The van der Waals surface area contributed by atoms with E-state index in [2.05, 4.69) is 13.8 Å². The van der Waals surface area contributed by atoms with Gasteiger partial charge in [0.25, 0.3) is 5.91 Å². The lowest BCUT2D eigenvalue weighted by atomic mass is 10.2. The highest BCUT2D eigenvalue weighted by Gasteiger charge is 2.31. The van der Waals surface area contributed by atoms with E-state index in [4.69, 9.17) is 4.74 Å². The second-order valence-electron chi connectivity index (χ2n) is 7.66. The third-order valence-electron chi connectivity index (χ3n) is 4.75. The minimum Gasteiger partial charge on any atom is -0.370 e. The molecule has 1 fully saturated rings. The summed E-state index contributed by atoms with van der Waals surface area (Å²) in [4.78, 5) is 29.2. The van der Waals surface area contributed by atoms with Gasteiger partial charge in [-0.05, 0) is 23.6 Å². The first kappa shape index (κ1) is 20.1. The maximum atomic E-state index is 12.9. The predicted molar refractivity (Wildman–Crippen MR) is 109 cm³/mol. The van der Waals surface area contributed by atoms with Crippen molar-refractivity contribution in [2.24, 2.45) is 5.92 Å². The molecular formula is C23H28N2O3. The molecule has 0 aromatic heterocycles. The van der Waals surface area contributed by atoms with Crippen LogP contribution in [0.25, 0.3) is 0 Å². The van der Waals surface area contributed by atoms with E-state index in [1.807, 2.05) is 53.4 Å². The monoisotopic (exact) mass is 380 g/mol. The van der Waals surface area contributed by atoms with E-state index in [1.165, 1.54) is 0 Å². The van der Waals surface area contributed by atoms with E-state index in [1.54, 1.807) is 17.0 Å². The summed E-state index contributed by atoms with van der Waals surface area (Å²) in [6.45, 7) is 6.30. The summed E-state index contributed by atoms with van der Waals surface area (Å²) in [6, 6.07) is 19.1. The Labute approximate surface area is 166 Å². The standard InChI is InChI=1S/C23H28N2O3/c1-18(2)13-24-14-21(28-17-19-9-5-3-6-10-19)15-25(16-22(24)26)23(27)20-11-7-4-8-12-20/h3-12,18,21H,13-17H2,1-2H3. The Hall–Kier alpha value is -2.66. The quantitative estimate of drug-likeness (QED) is 0.773. The summed E-state index contributed by atoms with van der Waals surface area (Å²) >= 11 is 0. The smallest absolute Gasteiger partial charge is 0.254 e. The van der Waals surface area contributed by atoms with Gasteiger partial charge in [-0.3, -0.25) is 9.59 Å². The summed E-state index contributed by atoms with van der Waals surface area (Å²) in [5, 5.41) is 0. The van der Waals surface area contributed by atoms with Crippen molar-refractivity contribution in [2.45, 2.75) is 26.6 Å². The highest BCUT2D eigenvalue weighted by Crippen LogP contribution is 2.15. The lowest BCUT2D eigenvalue weighted by Crippen LogP contribution is -2.40. The van der Waals surface area contributed by atoms with Gasteiger partial charge >= 0.3 is 0 Å². The number of ether oxygens (including phenoxy) is 1. The number of rotatable bonds is 6. The third kappa shape index (κ3) is 5.42. The zero-order valence-electron chi connectivity index (χ0n) is 16.6. The lowest BCUT2D eigenvalue weighted by molar-refractivity contribution is -0.132. The van der Waals surface area contributed by atoms with Gasteiger partial charge in [-0.2, -0.15) is 0 Å². The van der Waals surface area contributed by atoms with Gasteiger partial charge in [0.1, 0.15) is 6.54 Å². The number of amides is 2. The van der Waals surface area contributed by atoms with Gasteiger partial charge in [0.05, 0.1) is 12.7 Å². The van der Waals surface area contributed by atoms with Crippen LogP contribution >= 0.6 is 0 Å². The van der Waals surface area contributed by atoms with Crippen LogP contribution in [0.15, 0.2) is 60.7 Å². The molecule has 1 atom stereocenters. The summed E-state index contributed by atoms with van der Waals surface area (Å²) in [6.07, 6.45) is -0.224. The van der Waals surface area contributed by atoms with Gasteiger partial charge in [-0.1, -0.05) is 62.4 Å². The molecule has 2 amide bonds. The molecule has 1 aliphatic rings. The van der Waals surface area contributed by atoms with Crippen LogP contribution in [0.2, 0.25) is 0 Å². The van der Waals surface area contributed by atoms with Crippen LogP contribution in [0.3, 0.4) is 0 Å². The Morgan fingerprint density at radius 1 is 1.04 bits per heavy atom. The van der Waals surface area contributed by atoms with Crippen molar-refractivity contribution in [3.63, 3.8) is 0 Å². The molecule has 1 saturated heterocycles. The van der Waals surface area contributed by atoms with Crippen molar-refractivity contribution in [2.75, 3.05) is 26.2 Å². The summed E-state index contributed by atoms with van der Waals surface area (Å²) in [5.74, 6) is 0.201. The minimum absolute atomic E-state index is 0.0243. The van der Waals surface area contributed by atoms with Crippen molar-refractivity contribution >= 4 is 11.8 Å². The number of benzene rings is 2. The van der Waals surface area contributed by atoms with E-state index in [-0.39, 0.29) is 24.5 Å². The number of nitrogens with zero attached hydrogens (tertiary/aromatic N) is 2. The van der Waals surface area contributed by atoms with Gasteiger partial charge in [0.15, 0.2) is 0 Å². The van der Waals surface area contributed by atoms with Crippen molar-refractivity contribution < 1.29 is 14.3 Å². The molecule has 0 saturated carbocycles. The second kappa shape index (κ2) is 9.51. The van der Waals surface area contributed by atoms with Gasteiger partial charge in [0.2, 0.25) is 5.91 Å². The van der Waals surface area contributed by atoms with E-state index < -0.39 is 0 Å². The van der Waals surface area contributed by atoms with E-state index in [9.17, 15) is 9.59 Å². The first-order chi connectivity index (χ1) is 13.5. The molecule has 0 spiro atoms. The molecule has 5 nitrogen and oxygen atoms in total. The van der Waals surface area contributed by atoms with E-state index in [0.717, 1.165) is 5.56 Å². The fraction of sp³-hybridized carbons (Fsp3) is 0.391. The van der Waals surface area contributed by atoms with Crippen LogP contribution in [0.5, 0.6) is 0 Å². The zero-order chi connectivity index (χ0) is 19.9. The van der Waals surface area contributed by atoms with Crippen LogP contribution in [0.1, 0.15) is 29.8 Å². The molecule has 28 heavy (non-hydrogen) atoms. The first-order valence-corrected chi connectivity index (χ1v) is 9.80. The van der Waals surface area contributed by atoms with Gasteiger partial charge in [-0.15, -0.1) is 0 Å². The van der Waals surface area contributed by atoms with E-state index in [0.29, 0.717) is 37.7 Å². The molecular weight excluding hydrogens is 352 g/mol. The number of hydrogen-bond acceptors (Lipinski definition) is 3. The normalized spacial score (nSPS) is 17.7. The number of carbonyl (C=O) groups is 2. The molecule has 0 radical (unpaired) electrons. The highest BCUT2D eigenvalue weighted by atomic mass is 16.5. The summed E-state index contributed by atoms with van der Waals surface area (Å²) in [5.41, 5.74) is 1.67. The Kier molecular flexibility index (Phi) is 6.82. The highest BCUT2D eigenvalue weighted by molar-refractivity contribution is 5.96. The third-order valence-corrected chi connectivity index (χ3v) is 4.75. The zero-order valence-corrected chi connectivity index (χ0v) is 16.6. The van der Waals surface area contributed by atoms with Crippen LogP contribution in [0.4, 0.5) is 0 Å². The molecule has 3 rings (SSSR count). The average Bonchev–Trinajstić information content (AvgIpc) is 2.86. The molecule has 0 N–H and O–H groups in total. The topological polar surface area (TPSA) is 49.9 Å². The number of hydrogen-bond donors (Lipinski definition) is 0. The van der Waals surface area contributed by atoms with Gasteiger partial charge in [0, 0.05) is 25.2 Å². The van der Waals surface area contributed by atoms with Gasteiger partial charge in [-0.25, -0.2) is 0 Å². The largest absolute Gasteiger partial charge is 0.370 e. The Morgan fingerprint density at radius 3 is 2.32 bits per heavy atom. The maximum absolute atomic E-state index is 12.9. The Morgan fingerprint density at radius 2 is 1.68 bits per heavy atom. The van der Waals surface area contributed by atoms with E-state index >= 15 is 0 Å². The molecule has 2 aromatic rings. The molecule has 1 heterocycles. The summed E-state index contributed by atoms with van der Waals surface area (Å²) < 4.78 is 6.14. The molecule has 1 unspecified atom stereocenters. The maximum Gasteiger partial charge on any atom is 0.254 e. The van der Waals surface area contributed by atoms with Crippen molar-refractivity contribution in [1.29, 1.82) is 0 Å². The first-order valence-electron chi connectivity index (χ1n) is 9.80. The fourth-order valence-electron chi connectivity index (χ4n) is 3.41. The molecule has 0 bridgehead atoms. The SMILES string of the molecule is CC(C)CN1CC(OCc2ccccc2)CN(C(=O)c2ccccc2)CC1=O. The molecule has 5 heteroatoms. The molecule has 148 valence electrons. The average molecular weight is 380 g/mol. The van der Waals surface area contributed by atoms with Crippen LogP contribution in [0, 0.1) is 5.92 Å². The predicted octanol–water partition coefficient (Wildman–Crippen LogP) is 3.21. The second-order valence-corrected chi connectivity index (χ2v) is 7.66. The Balaban J connectivity index is 1.75. The molecule has 2 aromatic carbocycles. The summed E-state index contributed by atoms with van der Waals surface area (Å²) in [7, 11) is 0. The van der Waals surface area contributed by atoms with Crippen molar-refractivity contribution in [3.05, 3.63) is 71.8 Å². The van der Waals surface area contributed by atoms with Crippen LogP contribution in [-0.2, 0) is 16.1 Å². The number of carbonyl (C=O) groups excluding carboxylic acids is 2. The molecule has 0 aliphatic carbocycles. The fourth-order valence-corrected chi connectivity index (χ4v) is 3.41. The van der Waals surface area contributed by atoms with Crippen molar-refractivity contribution in [3.8, 4) is 0 Å². The minimum atomic E-state index is -0.224. The molecule has 1 aliphatic heterocycles. The lowest BCUT2D eigenvalue weighted by Gasteiger charge is -2.26. The van der Waals surface area contributed by atoms with Crippen LogP contribution in [-0.4, -0.2) is 53.9 Å². The van der Waals surface area contributed by atoms with Gasteiger partial charge < -0.3 is 14.5 Å². The van der Waals surface area contributed by atoms with Crippen LogP contribution < -0.4 is 0 Å². The Bertz CT molecular complexity index is 777. The van der Waals surface area contributed by atoms with Crippen molar-refractivity contribution in [1.82, 2.24) is 9.80 Å².